The second-order valence-corrected chi connectivity index (χ2v) is 6.04. The molecule has 0 saturated carbocycles. The number of anilines is 1. The molecule has 27 heavy (non-hydrogen) atoms. The Morgan fingerprint density at radius 3 is 2.81 bits per heavy atom. The van der Waals surface area contributed by atoms with Gasteiger partial charge < -0.3 is 15.4 Å². The number of pyridine rings is 1. The first kappa shape index (κ1) is 18.4. The fourth-order valence-corrected chi connectivity index (χ4v) is 3.10. The average Bonchev–Trinajstić information content (AvgIpc) is 2.68. The van der Waals surface area contributed by atoms with Crippen LogP contribution in [0.2, 0.25) is 0 Å². The van der Waals surface area contributed by atoms with Crippen molar-refractivity contribution in [2.75, 3.05) is 24.6 Å². The van der Waals surface area contributed by atoms with Crippen LogP contribution in [0.15, 0.2) is 42.6 Å². The number of rotatable bonds is 6. The summed E-state index contributed by atoms with van der Waals surface area (Å²) < 4.78 is 5.70. The summed E-state index contributed by atoms with van der Waals surface area (Å²) in [4.78, 5) is 28.1. The van der Waals surface area contributed by atoms with E-state index in [-0.39, 0.29) is 11.3 Å². The third-order valence-electron chi connectivity index (χ3n) is 4.37. The molecule has 2 heterocycles. The summed E-state index contributed by atoms with van der Waals surface area (Å²) in [6, 6.07) is 9.03. The lowest BCUT2D eigenvalue weighted by Crippen LogP contribution is -2.31. The molecule has 8 heteroatoms. The van der Waals surface area contributed by atoms with Gasteiger partial charge in [-0.25, -0.2) is 4.98 Å². The zero-order valence-electron chi connectivity index (χ0n) is 14.9. The molecule has 140 valence electrons. The van der Waals surface area contributed by atoms with Gasteiger partial charge in [0.1, 0.15) is 17.8 Å². The fourth-order valence-electron chi connectivity index (χ4n) is 3.10. The largest absolute Gasteiger partial charge is 0.493 e. The van der Waals surface area contributed by atoms with Crippen LogP contribution in [0.25, 0.3) is 5.57 Å². The Labute approximate surface area is 156 Å². The van der Waals surface area contributed by atoms with E-state index in [1.54, 1.807) is 0 Å². The van der Waals surface area contributed by atoms with Crippen LogP contribution in [-0.2, 0) is 0 Å². The Morgan fingerprint density at radius 1 is 1.41 bits per heavy atom. The number of benzene rings is 1. The van der Waals surface area contributed by atoms with Crippen LogP contribution in [-0.4, -0.2) is 35.5 Å². The molecule has 0 saturated heterocycles. The lowest BCUT2D eigenvalue weighted by Gasteiger charge is -2.29. The Kier molecular flexibility index (Phi) is 5.35. The number of aromatic nitrogens is 1. The van der Waals surface area contributed by atoms with Crippen molar-refractivity contribution in [1.82, 2.24) is 4.98 Å². The van der Waals surface area contributed by atoms with Gasteiger partial charge in [0, 0.05) is 24.7 Å². The molecule has 0 bridgehead atoms. The number of primary amides is 1. The highest BCUT2D eigenvalue weighted by Crippen LogP contribution is 2.32. The van der Waals surface area contributed by atoms with Crippen LogP contribution in [0.5, 0.6) is 5.75 Å². The molecular formula is C19H20N4O4. The standard InChI is InChI=1S/C19H20N4O4/c1-2-27-17-6-4-3-5-15(17)13-7-9-22(10-8-13)19-16(18(20)24)11-14(12-21-19)23(25)26/h3-7,11-12H,2,8-10H2,1H3,(H2,20,24). The highest BCUT2D eigenvalue weighted by atomic mass is 16.6. The maximum atomic E-state index is 11.7. The number of carbonyl (C=O) groups is 1. The normalized spacial score (nSPS) is 13.8. The highest BCUT2D eigenvalue weighted by Gasteiger charge is 2.23. The Hall–Kier alpha value is -3.42. The van der Waals surface area contributed by atoms with Crippen molar-refractivity contribution >= 4 is 23.0 Å². The molecule has 0 atom stereocenters. The molecule has 1 aromatic heterocycles. The second-order valence-electron chi connectivity index (χ2n) is 6.04. The summed E-state index contributed by atoms with van der Waals surface area (Å²) in [5, 5.41) is 10.9. The number of nitrogens with two attached hydrogens (primary N) is 1. The van der Waals surface area contributed by atoms with Crippen molar-refractivity contribution in [3.8, 4) is 5.75 Å². The van der Waals surface area contributed by atoms with E-state index in [9.17, 15) is 14.9 Å². The molecule has 0 unspecified atom stereocenters. The van der Waals surface area contributed by atoms with E-state index >= 15 is 0 Å². The molecule has 1 amide bonds. The number of ether oxygens (including phenoxy) is 1. The van der Waals surface area contributed by atoms with Gasteiger partial charge in [-0.1, -0.05) is 24.3 Å². The third kappa shape index (κ3) is 3.89. The van der Waals surface area contributed by atoms with Crippen LogP contribution in [0.1, 0.15) is 29.3 Å². The molecule has 1 aliphatic heterocycles. The third-order valence-corrected chi connectivity index (χ3v) is 4.37. The lowest BCUT2D eigenvalue weighted by molar-refractivity contribution is -0.385. The Morgan fingerprint density at radius 2 is 2.19 bits per heavy atom. The van der Waals surface area contributed by atoms with Gasteiger partial charge in [0.15, 0.2) is 0 Å². The molecule has 1 aromatic carbocycles. The first-order valence-electron chi connectivity index (χ1n) is 8.61. The van der Waals surface area contributed by atoms with Crippen LogP contribution < -0.4 is 15.4 Å². The van der Waals surface area contributed by atoms with Gasteiger partial charge >= 0.3 is 0 Å². The van der Waals surface area contributed by atoms with E-state index in [4.69, 9.17) is 10.5 Å². The van der Waals surface area contributed by atoms with Gasteiger partial charge in [0.05, 0.1) is 17.1 Å². The number of carbonyl (C=O) groups excluding carboxylic acids is 1. The first-order chi connectivity index (χ1) is 13.0. The molecule has 0 spiro atoms. The summed E-state index contributed by atoms with van der Waals surface area (Å²) >= 11 is 0. The lowest BCUT2D eigenvalue weighted by atomic mass is 9.98. The number of nitro groups is 1. The molecule has 2 aromatic rings. The molecular weight excluding hydrogens is 348 g/mol. The van der Waals surface area contributed by atoms with Crippen LogP contribution in [0.3, 0.4) is 0 Å². The van der Waals surface area contributed by atoms with E-state index in [2.05, 4.69) is 11.1 Å². The molecule has 0 aliphatic carbocycles. The number of para-hydroxylation sites is 1. The predicted molar refractivity (Wildman–Crippen MR) is 102 cm³/mol. The van der Waals surface area contributed by atoms with E-state index < -0.39 is 10.8 Å². The predicted octanol–water partition coefficient (Wildman–Crippen LogP) is 2.78. The first-order valence-corrected chi connectivity index (χ1v) is 8.61. The number of hydrogen-bond donors (Lipinski definition) is 1. The Bertz CT molecular complexity index is 910. The maximum absolute atomic E-state index is 11.7. The minimum Gasteiger partial charge on any atom is -0.493 e. The zero-order valence-corrected chi connectivity index (χ0v) is 14.9. The molecule has 0 fully saturated rings. The van der Waals surface area contributed by atoms with Crippen LogP contribution in [0.4, 0.5) is 11.5 Å². The van der Waals surface area contributed by atoms with Crippen molar-refractivity contribution in [1.29, 1.82) is 0 Å². The van der Waals surface area contributed by atoms with Gasteiger partial charge in [-0.05, 0) is 25.0 Å². The minimum atomic E-state index is -0.738. The van der Waals surface area contributed by atoms with Crippen molar-refractivity contribution in [2.45, 2.75) is 13.3 Å². The monoisotopic (exact) mass is 368 g/mol. The fraction of sp³-hybridized carbons (Fsp3) is 0.263. The average molecular weight is 368 g/mol. The van der Waals surface area contributed by atoms with E-state index in [1.807, 2.05) is 36.1 Å². The summed E-state index contributed by atoms with van der Waals surface area (Å²) in [6.45, 7) is 3.66. The second kappa shape index (κ2) is 7.86. The summed E-state index contributed by atoms with van der Waals surface area (Å²) in [5.74, 6) is 0.463. The van der Waals surface area contributed by atoms with Gasteiger partial charge in [-0.2, -0.15) is 0 Å². The topological polar surface area (TPSA) is 112 Å². The molecule has 3 rings (SSSR count). The SMILES string of the molecule is CCOc1ccccc1C1=CCN(c2ncc([N+](=O)[O-])cc2C(N)=O)CC1. The van der Waals surface area contributed by atoms with Crippen molar-refractivity contribution in [3.63, 3.8) is 0 Å². The van der Waals surface area contributed by atoms with Gasteiger partial charge in [-0.15, -0.1) is 0 Å². The van der Waals surface area contributed by atoms with Gasteiger partial charge in [0.2, 0.25) is 0 Å². The highest BCUT2D eigenvalue weighted by molar-refractivity contribution is 5.98. The van der Waals surface area contributed by atoms with Gasteiger partial charge in [-0.3, -0.25) is 14.9 Å². The van der Waals surface area contributed by atoms with Crippen LogP contribution in [0, 0.1) is 10.1 Å². The summed E-state index contributed by atoms with van der Waals surface area (Å²) in [7, 11) is 0. The molecule has 8 nitrogen and oxygen atoms in total. The van der Waals surface area contributed by atoms with Crippen molar-refractivity contribution in [2.24, 2.45) is 5.73 Å². The zero-order chi connectivity index (χ0) is 19.4. The summed E-state index contributed by atoms with van der Waals surface area (Å²) in [5.41, 5.74) is 7.39. The molecule has 2 N–H and O–H groups in total. The van der Waals surface area contributed by atoms with Crippen molar-refractivity contribution < 1.29 is 14.5 Å². The van der Waals surface area contributed by atoms with Crippen molar-refractivity contribution in [3.05, 3.63) is 63.8 Å². The van der Waals surface area contributed by atoms with E-state index in [0.717, 1.165) is 29.5 Å². The quantitative estimate of drug-likeness (QED) is 0.620. The minimum absolute atomic E-state index is 0.0516. The van der Waals surface area contributed by atoms with Gasteiger partial charge in [0.25, 0.3) is 11.6 Å². The van der Waals surface area contributed by atoms with E-state index in [1.165, 1.54) is 6.07 Å². The summed E-state index contributed by atoms with van der Waals surface area (Å²) in [6.07, 6.45) is 3.92. The maximum Gasteiger partial charge on any atom is 0.288 e. The Balaban J connectivity index is 1.87. The number of amides is 1. The molecule has 1 aliphatic rings. The van der Waals surface area contributed by atoms with Crippen LogP contribution >= 0.6 is 0 Å². The van der Waals surface area contributed by atoms with E-state index in [0.29, 0.717) is 25.5 Å². The molecule has 0 radical (unpaired) electrons. The number of hydrogen-bond acceptors (Lipinski definition) is 6. The smallest absolute Gasteiger partial charge is 0.288 e. The number of nitrogens with zero attached hydrogens (tertiary/aromatic N) is 3.